The van der Waals surface area contributed by atoms with E-state index in [0.717, 1.165) is 0 Å². The number of carboxylic acids is 2. The predicted octanol–water partition coefficient (Wildman–Crippen LogP) is -0.291. The Morgan fingerprint density at radius 2 is 1.22 bits per heavy atom. The van der Waals surface area contributed by atoms with Crippen molar-refractivity contribution >= 4 is 11.9 Å². The van der Waals surface area contributed by atoms with E-state index in [-0.39, 0.29) is 17.4 Å². The Labute approximate surface area is 61.9 Å². The van der Waals surface area contributed by atoms with Gasteiger partial charge in [-0.1, -0.05) is 0 Å². The molecule has 4 nitrogen and oxygen atoms in total. The molecule has 2 N–H and O–H groups in total. The van der Waals surface area contributed by atoms with Gasteiger partial charge in [0.05, 0.1) is 0 Å². The zero-order valence-electron chi connectivity index (χ0n) is 4.27. The van der Waals surface area contributed by atoms with Crippen molar-refractivity contribution < 1.29 is 37.2 Å². The first-order chi connectivity index (χ1) is 3.63. The molecule has 0 radical (unpaired) electrons. The van der Waals surface area contributed by atoms with E-state index in [0.29, 0.717) is 12.2 Å². The molecule has 0 aromatic heterocycles. The summed E-state index contributed by atoms with van der Waals surface area (Å²) in [4.78, 5) is 19.1. The van der Waals surface area contributed by atoms with Crippen LogP contribution in [0.2, 0.25) is 0 Å². The number of carboxylic acid groups (broad SMARTS) is 2. The van der Waals surface area contributed by atoms with Crippen LogP contribution >= 0.6 is 0 Å². The van der Waals surface area contributed by atoms with E-state index in [9.17, 15) is 9.59 Å². The first-order valence-electron chi connectivity index (χ1n) is 1.77. The summed E-state index contributed by atoms with van der Waals surface area (Å²) in [6.45, 7) is 0. The van der Waals surface area contributed by atoms with Crippen LogP contribution < -0.4 is 0 Å². The summed E-state index contributed by atoms with van der Waals surface area (Å²) in [5.74, 6) is -2.51. The maximum atomic E-state index is 9.55. The molecule has 0 aromatic rings. The molecule has 0 heterocycles. The van der Waals surface area contributed by atoms with Gasteiger partial charge in [-0.3, -0.25) is 0 Å². The Hall–Kier alpha value is -0.788. The third-order valence-electron chi connectivity index (χ3n) is 0.368. The summed E-state index contributed by atoms with van der Waals surface area (Å²) < 4.78 is 0. The van der Waals surface area contributed by atoms with Crippen molar-refractivity contribution in [3.05, 3.63) is 12.2 Å². The second-order valence-electron chi connectivity index (χ2n) is 1.01. The quantitative estimate of drug-likeness (QED) is 0.555. The van der Waals surface area contributed by atoms with Gasteiger partial charge in [0.15, 0.2) is 0 Å². The first kappa shape index (κ1) is 11.1. The average Bonchev–Trinajstić information content (AvgIpc) is 1.61. The van der Waals surface area contributed by atoms with Crippen LogP contribution in [0, 0.1) is 0 Å². The fourth-order valence-electron chi connectivity index (χ4n) is 0.143. The molecule has 0 aromatic carbocycles. The molecule has 0 unspecified atom stereocenters. The molecule has 0 amide bonds. The normalized spacial score (nSPS) is 8.44. The fraction of sp³-hybridized carbons (Fsp3) is 0. The molecule has 0 saturated carbocycles. The maximum Gasteiger partial charge on any atom is 0.328 e. The monoisotopic (exact) mass is 168 g/mol. The second-order valence-corrected chi connectivity index (χ2v) is 1.01. The third kappa shape index (κ3) is 11.0. The number of aliphatic carboxylic acids is 2. The first-order valence-corrected chi connectivity index (χ1v) is 1.77. The van der Waals surface area contributed by atoms with Gasteiger partial charge >= 0.3 is 11.9 Å². The molecule has 5 heteroatoms. The minimum atomic E-state index is -1.26. The van der Waals surface area contributed by atoms with Crippen molar-refractivity contribution in [3.8, 4) is 0 Å². The summed E-state index contributed by atoms with van der Waals surface area (Å²) in [5, 5.41) is 15.6. The third-order valence-corrected chi connectivity index (χ3v) is 0.368. The molecule has 0 aliphatic heterocycles. The van der Waals surface area contributed by atoms with Crippen LogP contribution in [-0.4, -0.2) is 22.2 Å². The van der Waals surface area contributed by atoms with E-state index in [2.05, 4.69) is 0 Å². The average molecular weight is 168 g/mol. The summed E-state index contributed by atoms with van der Waals surface area (Å²) in [5.41, 5.74) is 0. The van der Waals surface area contributed by atoms with Crippen molar-refractivity contribution in [1.82, 2.24) is 0 Å². The molecule has 0 aliphatic rings. The Bertz CT molecular complexity index is 124. The SMILES string of the molecule is O=C(O)C=CC(=O)O.[Cr]. The van der Waals surface area contributed by atoms with Gasteiger partial charge in [0, 0.05) is 29.5 Å². The summed E-state index contributed by atoms with van der Waals surface area (Å²) in [6, 6.07) is 0. The molecule has 50 valence electrons. The van der Waals surface area contributed by atoms with Gasteiger partial charge < -0.3 is 10.2 Å². The number of hydrogen-bond acceptors (Lipinski definition) is 2. The Kier molecular flexibility index (Phi) is 6.58. The molecule has 0 saturated heterocycles. The van der Waals surface area contributed by atoms with Crippen molar-refractivity contribution in [2.24, 2.45) is 0 Å². The van der Waals surface area contributed by atoms with Gasteiger partial charge in [-0.25, -0.2) is 9.59 Å². The van der Waals surface area contributed by atoms with Gasteiger partial charge in [-0.2, -0.15) is 0 Å². The molecular weight excluding hydrogens is 164 g/mol. The van der Waals surface area contributed by atoms with Crippen LogP contribution in [0.15, 0.2) is 12.2 Å². The van der Waals surface area contributed by atoms with Crippen LogP contribution in [0.25, 0.3) is 0 Å². The van der Waals surface area contributed by atoms with Crippen molar-refractivity contribution in [1.29, 1.82) is 0 Å². The van der Waals surface area contributed by atoms with Gasteiger partial charge in [-0.05, 0) is 0 Å². The van der Waals surface area contributed by atoms with Crippen LogP contribution in [0.3, 0.4) is 0 Å². The summed E-state index contributed by atoms with van der Waals surface area (Å²) in [7, 11) is 0. The zero-order chi connectivity index (χ0) is 6.57. The minimum absolute atomic E-state index is 0. The summed E-state index contributed by atoms with van der Waals surface area (Å²) in [6.07, 6.45) is 1.12. The van der Waals surface area contributed by atoms with Crippen LogP contribution in [0.4, 0.5) is 0 Å². The van der Waals surface area contributed by atoms with Crippen LogP contribution in [0.5, 0.6) is 0 Å². The largest absolute Gasteiger partial charge is 0.478 e. The fourth-order valence-corrected chi connectivity index (χ4v) is 0.143. The molecule has 0 aliphatic carbocycles. The molecule has 9 heavy (non-hydrogen) atoms. The Balaban J connectivity index is 0. The smallest absolute Gasteiger partial charge is 0.328 e. The topological polar surface area (TPSA) is 74.6 Å². The standard InChI is InChI=1S/C4H4O4.Cr/c5-3(6)1-2-4(7)8;/h1-2H,(H,5,6)(H,7,8);. The molecule has 0 atom stereocenters. The predicted molar refractivity (Wildman–Crippen MR) is 24.4 cm³/mol. The van der Waals surface area contributed by atoms with Gasteiger partial charge in [0.25, 0.3) is 0 Å². The Morgan fingerprint density at radius 1 is 1.00 bits per heavy atom. The molecule has 0 spiro atoms. The second kappa shape index (κ2) is 5.35. The number of rotatable bonds is 2. The van der Waals surface area contributed by atoms with Gasteiger partial charge in [0.2, 0.25) is 0 Å². The molecule has 0 rings (SSSR count). The molecular formula is C4H4CrO4. The van der Waals surface area contributed by atoms with Crippen LogP contribution in [-0.2, 0) is 27.0 Å². The van der Waals surface area contributed by atoms with E-state index in [4.69, 9.17) is 10.2 Å². The Morgan fingerprint density at radius 3 is 1.33 bits per heavy atom. The number of hydrogen-bond donors (Lipinski definition) is 2. The van der Waals surface area contributed by atoms with E-state index >= 15 is 0 Å². The van der Waals surface area contributed by atoms with E-state index in [1.165, 1.54) is 0 Å². The van der Waals surface area contributed by atoms with E-state index in [1.54, 1.807) is 0 Å². The van der Waals surface area contributed by atoms with Crippen LogP contribution in [0.1, 0.15) is 0 Å². The summed E-state index contributed by atoms with van der Waals surface area (Å²) >= 11 is 0. The van der Waals surface area contributed by atoms with E-state index < -0.39 is 11.9 Å². The van der Waals surface area contributed by atoms with Gasteiger partial charge in [0.1, 0.15) is 0 Å². The zero-order valence-corrected chi connectivity index (χ0v) is 5.55. The van der Waals surface area contributed by atoms with Crippen molar-refractivity contribution in [2.75, 3.05) is 0 Å². The van der Waals surface area contributed by atoms with Crippen molar-refractivity contribution in [3.63, 3.8) is 0 Å². The van der Waals surface area contributed by atoms with E-state index in [1.807, 2.05) is 0 Å². The molecule has 0 fully saturated rings. The molecule has 0 bridgehead atoms. The minimum Gasteiger partial charge on any atom is -0.478 e. The maximum absolute atomic E-state index is 9.55. The van der Waals surface area contributed by atoms with Crippen molar-refractivity contribution in [2.45, 2.75) is 0 Å². The number of carbonyl (C=O) groups is 2. The van der Waals surface area contributed by atoms with Gasteiger partial charge in [-0.15, -0.1) is 0 Å².